The van der Waals surface area contributed by atoms with E-state index in [1.165, 1.54) is 23.4 Å². The second kappa shape index (κ2) is 6.00. The van der Waals surface area contributed by atoms with Crippen molar-refractivity contribution in [2.45, 2.75) is 38.6 Å². The molecule has 1 unspecified atom stereocenters. The smallest absolute Gasteiger partial charge is 0.180 e. The van der Waals surface area contributed by atoms with Crippen molar-refractivity contribution in [3.8, 4) is 0 Å². The molecule has 0 aromatic carbocycles. The van der Waals surface area contributed by atoms with E-state index in [4.69, 9.17) is 5.73 Å². The largest absolute Gasteiger partial charge is 0.375 e. The molecule has 1 aliphatic rings. The number of nitrogen functional groups attached to an aromatic ring is 1. The number of hydrogen-bond donors (Lipinski definition) is 2. The lowest BCUT2D eigenvalue weighted by Crippen LogP contribution is -2.34. The number of hydrogen-bond acceptors (Lipinski definition) is 4. The standard InChI is InChI=1S/C10H17N3S.HI/c1-2-5-12-7-3-4-8-9(6-7)14-10(11)13-8;/h7,12H,2-6H2,1H3,(H2,11,13);1H. The van der Waals surface area contributed by atoms with Gasteiger partial charge in [0.1, 0.15) is 0 Å². The molecule has 3 nitrogen and oxygen atoms in total. The van der Waals surface area contributed by atoms with Crippen LogP contribution in [0.5, 0.6) is 0 Å². The summed E-state index contributed by atoms with van der Waals surface area (Å²) in [7, 11) is 0. The Labute approximate surface area is 112 Å². The van der Waals surface area contributed by atoms with E-state index in [9.17, 15) is 0 Å². The van der Waals surface area contributed by atoms with Crippen LogP contribution in [0.1, 0.15) is 30.3 Å². The van der Waals surface area contributed by atoms with Crippen molar-refractivity contribution in [3.05, 3.63) is 10.6 Å². The summed E-state index contributed by atoms with van der Waals surface area (Å²) in [6.07, 6.45) is 4.61. The van der Waals surface area contributed by atoms with E-state index in [2.05, 4.69) is 17.2 Å². The number of aromatic nitrogens is 1. The van der Waals surface area contributed by atoms with Crippen molar-refractivity contribution < 1.29 is 0 Å². The Morgan fingerprint density at radius 1 is 1.60 bits per heavy atom. The maximum atomic E-state index is 5.69. The van der Waals surface area contributed by atoms with Gasteiger partial charge in [0.25, 0.3) is 0 Å². The highest BCUT2D eigenvalue weighted by atomic mass is 127. The van der Waals surface area contributed by atoms with Gasteiger partial charge in [0.2, 0.25) is 0 Å². The van der Waals surface area contributed by atoms with Crippen molar-refractivity contribution in [2.75, 3.05) is 12.3 Å². The summed E-state index contributed by atoms with van der Waals surface area (Å²) in [5.74, 6) is 0. The Morgan fingerprint density at radius 3 is 3.13 bits per heavy atom. The van der Waals surface area contributed by atoms with Gasteiger partial charge in [-0.3, -0.25) is 0 Å². The van der Waals surface area contributed by atoms with Gasteiger partial charge in [-0.15, -0.1) is 35.3 Å². The molecule has 86 valence electrons. The summed E-state index contributed by atoms with van der Waals surface area (Å²) < 4.78 is 0. The quantitative estimate of drug-likeness (QED) is 0.830. The van der Waals surface area contributed by atoms with E-state index in [0.717, 1.165) is 24.5 Å². The van der Waals surface area contributed by atoms with Gasteiger partial charge in [-0.1, -0.05) is 6.92 Å². The first kappa shape index (κ1) is 13.2. The highest BCUT2D eigenvalue weighted by Crippen LogP contribution is 2.27. The molecule has 1 aromatic heterocycles. The van der Waals surface area contributed by atoms with Crippen LogP contribution >= 0.6 is 35.3 Å². The number of nitrogens with two attached hydrogens (primary N) is 1. The van der Waals surface area contributed by atoms with Crippen LogP contribution in [0.2, 0.25) is 0 Å². The van der Waals surface area contributed by atoms with Crippen molar-refractivity contribution in [1.29, 1.82) is 0 Å². The van der Waals surface area contributed by atoms with Crippen LogP contribution in [-0.4, -0.2) is 17.6 Å². The maximum absolute atomic E-state index is 5.69. The zero-order valence-electron chi connectivity index (χ0n) is 8.95. The molecule has 0 bridgehead atoms. The molecule has 0 saturated carbocycles. The van der Waals surface area contributed by atoms with E-state index in [0.29, 0.717) is 6.04 Å². The van der Waals surface area contributed by atoms with Gasteiger partial charge < -0.3 is 11.1 Å². The zero-order chi connectivity index (χ0) is 9.97. The lowest BCUT2D eigenvalue weighted by molar-refractivity contribution is 0.460. The lowest BCUT2D eigenvalue weighted by Gasteiger charge is -2.21. The van der Waals surface area contributed by atoms with Gasteiger partial charge in [0.05, 0.1) is 5.69 Å². The molecule has 0 saturated heterocycles. The van der Waals surface area contributed by atoms with Crippen LogP contribution in [0.3, 0.4) is 0 Å². The molecule has 3 N–H and O–H groups in total. The minimum atomic E-state index is 0. The Bertz CT molecular complexity index is 314. The molecule has 5 heteroatoms. The fraction of sp³-hybridized carbons (Fsp3) is 0.700. The van der Waals surface area contributed by atoms with Crippen LogP contribution < -0.4 is 11.1 Å². The van der Waals surface area contributed by atoms with Gasteiger partial charge in [0, 0.05) is 10.9 Å². The Morgan fingerprint density at radius 2 is 2.40 bits per heavy atom. The van der Waals surface area contributed by atoms with Crippen LogP contribution in [0.4, 0.5) is 5.13 Å². The topological polar surface area (TPSA) is 50.9 Å². The first-order chi connectivity index (χ1) is 6.79. The fourth-order valence-corrected chi connectivity index (χ4v) is 2.88. The molecule has 1 atom stereocenters. The van der Waals surface area contributed by atoms with Crippen LogP contribution in [0.25, 0.3) is 0 Å². The van der Waals surface area contributed by atoms with E-state index in [1.54, 1.807) is 11.3 Å². The number of anilines is 1. The average molecular weight is 339 g/mol. The van der Waals surface area contributed by atoms with Gasteiger partial charge in [-0.2, -0.15) is 0 Å². The summed E-state index contributed by atoms with van der Waals surface area (Å²) in [4.78, 5) is 5.73. The fourth-order valence-electron chi connectivity index (χ4n) is 1.92. The monoisotopic (exact) mass is 339 g/mol. The molecule has 0 fully saturated rings. The maximum Gasteiger partial charge on any atom is 0.180 e. The number of fused-ring (bicyclic) bond motifs is 1. The molecule has 1 aromatic rings. The van der Waals surface area contributed by atoms with Crippen molar-refractivity contribution >= 4 is 40.4 Å². The second-order valence-corrected chi connectivity index (χ2v) is 4.93. The molecule has 0 amide bonds. The SMILES string of the molecule is CCCNC1CCc2nc(N)sc2C1.I. The summed E-state index contributed by atoms with van der Waals surface area (Å²) >= 11 is 1.65. The molecule has 0 spiro atoms. The summed E-state index contributed by atoms with van der Waals surface area (Å²) in [6, 6.07) is 0.641. The van der Waals surface area contributed by atoms with E-state index in [1.807, 2.05) is 0 Å². The van der Waals surface area contributed by atoms with Crippen molar-refractivity contribution in [2.24, 2.45) is 0 Å². The summed E-state index contributed by atoms with van der Waals surface area (Å²) in [5.41, 5.74) is 6.93. The summed E-state index contributed by atoms with van der Waals surface area (Å²) in [5, 5.41) is 4.29. The second-order valence-electron chi connectivity index (χ2n) is 3.82. The average Bonchev–Trinajstić information content (AvgIpc) is 2.54. The predicted octanol–water partition coefficient (Wildman–Crippen LogP) is 2.20. The number of nitrogens with zero attached hydrogens (tertiary/aromatic N) is 1. The molecule has 0 aliphatic heterocycles. The minimum absolute atomic E-state index is 0. The van der Waals surface area contributed by atoms with Gasteiger partial charge in [0.15, 0.2) is 5.13 Å². The highest BCUT2D eigenvalue weighted by Gasteiger charge is 2.21. The number of halogens is 1. The van der Waals surface area contributed by atoms with E-state index in [-0.39, 0.29) is 24.0 Å². The van der Waals surface area contributed by atoms with E-state index < -0.39 is 0 Å². The Balaban J connectivity index is 0.00000112. The van der Waals surface area contributed by atoms with Crippen molar-refractivity contribution in [1.82, 2.24) is 10.3 Å². The molecule has 0 radical (unpaired) electrons. The summed E-state index contributed by atoms with van der Waals surface area (Å²) in [6.45, 7) is 3.32. The Hall–Kier alpha value is 0.120. The zero-order valence-corrected chi connectivity index (χ0v) is 12.1. The first-order valence-corrected chi connectivity index (χ1v) is 6.08. The number of rotatable bonds is 3. The third kappa shape index (κ3) is 3.29. The third-order valence-electron chi connectivity index (χ3n) is 2.64. The first-order valence-electron chi connectivity index (χ1n) is 5.27. The van der Waals surface area contributed by atoms with E-state index >= 15 is 0 Å². The van der Waals surface area contributed by atoms with Gasteiger partial charge >= 0.3 is 0 Å². The molecule has 1 aliphatic carbocycles. The van der Waals surface area contributed by atoms with Crippen LogP contribution in [-0.2, 0) is 12.8 Å². The number of nitrogens with one attached hydrogen (secondary N) is 1. The minimum Gasteiger partial charge on any atom is -0.375 e. The molecular weight excluding hydrogens is 321 g/mol. The van der Waals surface area contributed by atoms with Gasteiger partial charge in [-0.25, -0.2) is 4.98 Å². The predicted molar refractivity (Wildman–Crippen MR) is 76.0 cm³/mol. The number of thiazole rings is 1. The van der Waals surface area contributed by atoms with Crippen molar-refractivity contribution in [3.63, 3.8) is 0 Å². The Kier molecular flexibility index (Phi) is 5.28. The normalized spacial score (nSPS) is 19.4. The van der Waals surface area contributed by atoms with Crippen LogP contribution in [0.15, 0.2) is 0 Å². The van der Waals surface area contributed by atoms with Crippen LogP contribution in [0, 0.1) is 0 Å². The number of aryl methyl sites for hydroxylation is 1. The highest BCUT2D eigenvalue weighted by molar-refractivity contribution is 14.0. The molecule has 2 rings (SSSR count). The molecule has 15 heavy (non-hydrogen) atoms. The third-order valence-corrected chi connectivity index (χ3v) is 3.59. The molecular formula is C10H18IN3S. The molecule has 1 heterocycles. The van der Waals surface area contributed by atoms with Gasteiger partial charge in [-0.05, 0) is 32.2 Å². The lowest BCUT2D eigenvalue weighted by atomic mass is 9.98.